The van der Waals surface area contributed by atoms with Crippen LogP contribution in [0.25, 0.3) is 11.4 Å². The summed E-state index contributed by atoms with van der Waals surface area (Å²) in [4.78, 5) is 44.1. The van der Waals surface area contributed by atoms with Crippen molar-refractivity contribution in [3.05, 3.63) is 36.7 Å². The van der Waals surface area contributed by atoms with Gasteiger partial charge in [0.05, 0.1) is 22.0 Å². The van der Waals surface area contributed by atoms with Crippen molar-refractivity contribution < 1.29 is 28.7 Å². The first-order chi connectivity index (χ1) is 9.18. The van der Waals surface area contributed by atoms with Crippen LogP contribution in [0.4, 0.5) is 0 Å². The third-order valence-electron chi connectivity index (χ3n) is 2.42. The quantitative estimate of drug-likeness (QED) is 0.568. The molecule has 0 amide bonds. The molecule has 0 aliphatic rings. The summed E-state index contributed by atoms with van der Waals surface area (Å²) in [6, 6.07) is 4.59. The number of hydrogen-bond acceptors (Lipinski definition) is 4. The number of pyridine rings is 2. The fourth-order valence-electron chi connectivity index (χ4n) is 1.48. The molecule has 0 atom stereocenters. The maximum absolute atomic E-state index is 11.2. The van der Waals surface area contributed by atoms with Gasteiger partial charge < -0.3 is 19.6 Å². The molecule has 8 nitrogen and oxygen atoms in total. The predicted molar refractivity (Wildman–Crippen MR) is 70.8 cm³/mol. The summed E-state index contributed by atoms with van der Waals surface area (Å²) in [5.41, 5.74) is 0.224. The minimum absolute atomic E-state index is 0.112. The topological polar surface area (TPSA) is 141 Å². The minimum atomic E-state index is -4.43. The van der Waals surface area contributed by atoms with E-state index in [1.165, 1.54) is 12.4 Å². The van der Waals surface area contributed by atoms with E-state index in [1.807, 2.05) is 0 Å². The van der Waals surface area contributed by atoms with Crippen LogP contribution in [0.2, 0.25) is 0 Å². The maximum Gasteiger partial charge on any atom is 0.356 e. The standard InChI is InChI=1S/C10H10N2O6P2/c13-19(14,15)7-1-3-11-9(5-7)10-6-8(2-4-12-10)20(16,17)18/h1-6H,(H2,13,14,15)(H2,16,17,18). The monoisotopic (exact) mass is 316 g/mol. The molecule has 0 aromatic carbocycles. The Labute approximate surface area is 113 Å². The molecule has 2 aromatic rings. The molecule has 20 heavy (non-hydrogen) atoms. The van der Waals surface area contributed by atoms with Crippen LogP contribution in [0.5, 0.6) is 0 Å². The Hall–Kier alpha value is -1.40. The van der Waals surface area contributed by atoms with Crippen molar-refractivity contribution in [2.45, 2.75) is 0 Å². The van der Waals surface area contributed by atoms with Crippen molar-refractivity contribution in [3.8, 4) is 11.4 Å². The van der Waals surface area contributed by atoms with E-state index in [9.17, 15) is 9.13 Å². The summed E-state index contributed by atoms with van der Waals surface area (Å²) in [6.45, 7) is 0. The van der Waals surface area contributed by atoms with Crippen molar-refractivity contribution in [2.24, 2.45) is 0 Å². The number of hydrogen-bond donors (Lipinski definition) is 4. The lowest BCUT2D eigenvalue weighted by atomic mass is 10.2. The van der Waals surface area contributed by atoms with E-state index >= 15 is 0 Å². The Balaban J connectivity index is 2.53. The second kappa shape index (κ2) is 5.18. The number of aromatic nitrogens is 2. The van der Waals surface area contributed by atoms with Crippen LogP contribution in [-0.2, 0) is 9.13 Å². The predicted octanol–water partition coefficient (Wildman–Crippen LogP) is -0.250. The minimum Gasteiger partial charge on any atom is -0.321 e. The highest BCUT2D eigenvalue weighted by atomic mass is 31.2. The van der Waals surface area contributed by atoms with E-state index in [1.54, 1.807) is 0 Å². The molecule has 10 heteroatoms. The lowest BCUT2D eigenvalue weighted by Gasteiger charge is -2.07. The molecule has 0 radical (unpaired) electrons. The van der Waals surface area contributed by atoms with Gasteiger partial charge in [-0.2, -0.15) is 0 Å². The first-order valence-corrected chi connectivity index (χ1v) is 8.45. The fourth-order valence-corrected chi connectivity index (χ4v) is 2.58. The SMILES string of the molecule is O=P(O)(O)c1ccnc(-c2cc(P(=O)(O)O)ccn2)c1. The van der Waals surface area contributed by atoms with Crippen molar-refractivity contribution in [2.75, 3.05) is 0 Å². The Morgan fingerprint density at radius 3 is 1.40 bits per heavy atom. The van der Waals surface area contributed by atoms with Gasteiger partial charge in [0.1, 0.15) is 0 Å². The largest absolute Gasteiger partial charge is 0.356 e. The van der Waals surface area contributed by atoms with E-state index in [0.29, 0.717) is 0 Å². The molecule has 0 saturated heterocycles. The summed E-state index contributed by atoms with van der Waals surface area (Å²) < 4.78 is 22.3. The van der Waals surface area contributed by atoms with Crippen LogP contribution in [0.15, 0.2) is 36.7 Å². The Morgan fingerprint density at radius 2 is 1.10 bits per heavy atom. The number of nitrogens with zero attached hydrogens (tertiary/aromatic N) is 2. The van der Waals surface area contributed by atoms with Crippen LogP contribution in [0, 0.1) is 0 Å². The average molecular weight is 316 g/mol. The molecule has 2 heterocycles. The summed E-state index contributed by atoms with van der Waals surface area (Å²) in [6.07, 6.45) is 2.38. The van der Waals surface area contributed by atoms with Gasteiger partial charge in [0.2, 0.25) is 0 Å². The zero-order valence-corrected chi connectivity index (χ0v) is 11.6. The van der Waals surface area contributed by atoms with Crippen LogP contribution < -0.4 is 10.6 Å². The van der Waals surface area contributed by atoms with Crippen LogP contribution in [-0.4, -0.2) is 29.5 Å². The third kappa shape index (κ3) is 3.37. The average Bonchev–Trinajstić information content (AvgIpc) is 2.37. The van der Waals surface area contributed by atoms with Gasteiger partial charge in [-0.1, -0.05) is 0 Å². The van der Waals surface area contributed by atoms with Crippen molar-refractivity contribution >= 4 is 25.8 Å². The molecule has 0 aliphatic heterocycles. The van der Waals surface area contributed by atoms with Crippen LogP contribution >= 0.6 is 15.2 Å². The van der Waals surface area contributed by atoms with Gasteiger partial charge in [-0.15, -0.1) is 0 Å². The normalized spacial score (nSPS) is 12.4. The lowest BCUT2D eigenvalue weighted by Crippen LogP contribution is -2.08. The van der Waals surface area contributed by atoms with Crippen LogP contribution in [0.3, 0.4) is 0 Å². The molecule has 106 valence electrons. The first kappa shape index (κ1) is 15.0. The van der Waals surface area contributed by atoms with Gasteiger partial charge in [-0.25, -0.2) is 0 Å². The van der Waals surface area contributed by atoms with Crippen molar-refractivity contribution in [1.82, 2.24) is 9.97 Å². The molecule has 0 aliphatic carbocycles. The summed E-state index contributed by atoms with van der Waals surface area (Å²) >= 11 is 0. The fraction of sp³-hybridized carbons (Fsp3) is 0. The molecule has 4 N–H and O–H groups in total. The molecule has 0 unspecified atom stereocenters. The second-order valence-electron chi connectivity index (χ2n) is 3.89. The zero-order chi connectivity index (χ0) is 15.0. The van der Waals surface area contributed by atoms with Crippen molar-refractivity contribution in [3.63, 3.8) is 0 Å². The smallest absolute Gasteiger partial charge is 0.321 e. The third-order valence-corrected chi connectivity index (χ3v) is 4.32. The molecule has 2 aromatic heterocycles. The highest BCUT2D eigenvalue weighted by Gasteiger charge is 2.20. The molecule has 0 spiro atoms. The molecule has 0 saturated carbocycles. The molecule has 0 bridgehead atoms. The van der Waals surface area contributed by atoms with Gasteiger partial charge in [0.25, 0.3) is 0 Å². The highest BCUT2D eigenvalue weighted by molar-refractivity contribution is 7.60. The van der Waals surface area contributed by atoms with Gasteiger partial charge in [-0.3, -0.25) is 19.1 Å². The second-order valence-corrected chi connectivity index (χ2v) is 7.10. The van der Waals surface area contributed by atoms with Gasteiger partial charge in [0.15, 0.2) is 0 Å². The van der Waals surface area contributed by atoms with E-state index in [-0.39, 0.29) is 22.0 Å². The summed E-state index contributed by atoms with van der Waals surface area (Å²) in [7, 11) is -8.86. The summed E-state index contributed by atoms with van der Waals surface area (Å²) in [5, 5.41) is -0.489. The van der Waals surface area contributed by atoms with Crippen LogP contribution in [0.1, 0.15) is 0 Å². The number of rotatable bonds is 3. The Bertz CT molecular complexity index is 675. The van der Waals surface area contributed by atoms with E-state index in [2.05, 4.69) is 9.97 Å². The maximum atomic E-state index is 11.2. The van der Waals surface area contributed by atoms with Gasteiger partial charge >= 0.3 is 15.2 Å². The van der Waals surface area contributed by atoms with E-state index < -0.39 is 15.2 Å². The van der Waals surface area contributed by atoms with Gasteiger partial charge in [-0.05, 0) is 24.3 Å². The molecule has 2 rings (SSSR count). The summed E-state index contributed by atoms with van der Waals surface area (Å²) in [5.74, 6) is 0. The van der Waals surface area contributed by atoms with Crippen molar-refractivity contribution in [1.29, 1.82) is 0 Å². The van der Waals surface area contributed by atoms with Gasteiger partial charge in [0, 0.05) is 12.4 Å². The molecular formula is C10H10N2O6P2. The first-order valence-electron chi connectivity index (χ1n) is 5.22. The lowest BCUT2D eigenvalue weighted by molar-refractivity contribution is 0.385. The van der Waals surface area contributed by atoms with E-state index in [4.69, 9.17) is 19.6 Å². The Kier molecular flexibility index (Phi) is 3.88. The molecular weight excluding hydrogens is 306 g/mol. The zero-order valence-electron chi connectivity index (χ0n) is 9.86. The highest BCUT2D eigenvalue weighted by Crippen LogP contribution is 2.35. The molecule has 0 fully saturated rings. The Morgan fingerprint density at radius 1 is 0.750 bits per heavy atom. The van der Waals surface area contributed by atoms with E-state index in [0.717, 1.165) is 24.3 Å².